The molecule has 0 fully saturated rings. The molecule has 19 heavy (non-hydrogen) atoms. The summed E-state index contributed by atoms with van der Waals surface area (Å²) in [7, 11) is 1.64. The van der Waals surface area contributed by atoms with E-state index < -0.39 is 9.79 Å². The normalized spacial score (nSPS) is 24.1. The van der Waals surface area contributed by atoms with Crippen molar-refractivity contribution in [1.82, 2.24) is 9.55 Å². The monoisotopic (exact) mass is 277 g/mol. The first-order chi connectivity index (χ1) is 9.02. The molecule has 2 aliphatic heterocycles. The maximum absolute atomic E-state index is 10.7. The summed E-state index contributed by atoms with van der Waals surface area (Å²) in [5, 5.41) is 10.7. The second-order valence-electron chi connectivity index (χ2n) is 3.88. The van der Waals surface area contributed by atoms with Crippen molar-refractivity contribution >= 4 is 42.7 Å². The zero-order chi connectivity index (χ0) is 13.6. The molecule has 0 spiro atoms. The Balaban J connectivity index is 2.14. The Morgan fingerprint density at radius 2 is 2.21 bits per heavy atom. The van der Waals surface area contributed by atoms with E-state index in [1.54, 1.807) is 7.05 Å². The predicted molar refractivity (Wildman–Crippen MR) is 72.5 cm³/mol. The smallest absolute Gasteiger partial charge is 0.358 e. The third kappa shape index (κ3) is 1.60. The number of aliphatic imine (C=N–C) groups is 4. The molecule has 3 heterocycles. The maximum atomic E-state index is 10.7. The number of imidazole rings is 1. The van der Waals surface area contributed by atoms with Gasteiger partial charge in [0.15, 0.2) is 11.5 Å². The molecule has 10 heteroatoms. The van der Waals surface area contributed by atoms with E-state index in [2.05, 4.69) is 37.6 Å². The highest BCUT2D eigenvalue weighted by Gasteiger charge is 2.46. The molecule has 0 amide bonds. The Labute approximate surface area is 112 Å². The lowest BCUT2D eigenvalue weighted by atomic mass is 10.1. The maximum Gasteiger partial charge on any atom is 0.382 e. The van der Waals surface area contributed by atoms with E-state index in [1.165, 1.54) is 23.4 Å². The lowest BCUT2D eigenvalue weighted by Crippen LogP contribution is -2.40. The molecule has 0 saturated carbocycles. The minimum Gasteiger partial charge on any atom is -0.358 e. The summed E-state index contributed by atoms with van der Waals surface area (Å²) in [6, 6.07) is 0. The molecule has 1 unspecified atom stereocenters. The summed E-state index contributed by atoms with van der Waals surface area (Å²) in [6.07, 6.45) is 3.94. The van der Waals surface area contributed by atoms with Gasteiger partial charge in [-0.25, -0.2) is 20.0 Å². The van der Waals surface area contributed by atoms with E-state index in [-0.39, 0.29) is 5.82 Å². The fourth-order valence-corrected chi connectivity index (χ4v) is 2.13. The number of nitrogens with zero attached hydrogens (tertiary/aromatic N) is 7. The summed E-state index contributed by atoms with van der Waals surface area (Å²) >= 11 is 4.43. The second-order valence-corrected chi connectivity index (χ2v) is 4.53. The van der Waals surface area contributed by atoms with Gasteiger partial charge in [-0.05, 0) is 9.91 Å². The average molecular weight is 277 g/mol. The van der Waals surface area contributed by atoms with Crippen LogP contribution in [0, 0.1) is 10.1 Å². The number of hydrogen-bond acceptors (Lipinski definition) is 8. The lowest BCUT2D eigenvalue weighted by Gasteiger charge is -2.21. The Kier molecular flexibility index (Phi) is 2.35. The van der Waals surface area contributed by atoms with Crippen molar-refractivity contribution in [3.63, 3.8) is 0 Å². The van der Waals surface area contributed by atoms with Crippen molar-refractivity contribution in [1.29, 1.82) is 0 Å². The molecular weight excluding hydrogens is 270 g/mol. The Morgan fingerprint density at radius 3 is 2.89 bits per heavy atom. The molecule has 0 aliphatic carbocycles. The first kappa shape index (κ1) is 11.7. The van der Waals surface area contributed by atoms with Crippen LogP contribution in [-0.2, 0) is 7.05 Å². The fourth-order valence-electron chi connectivity index (χ4n) is 1.81. The molecule has 1 aromatic heterocycles. The van der Waals surface area contributed by atoms with Crippen LogP contribution in [0.4, 0.5) is 5.82 Å². The molecule has 3 rings (SSSR count). The van der Waals surface area contributed by atoms with Gasteiger partial charge in [-0.15, -0.1) is 12.6 Å². The van der Waals surface area contributed by atoms with Gasteiger partial charge < -0.3 is 14.7 Å². The SMILES string of the molecule is Cn1cc([N+](=O)[O-])nc1C1=NC=NC2=NC=NC21S. The van der Waals surface area contributed by atoms with Crippen molar-refractivity contribution in [2.24, 2.45) is 27.0 Å². The van der Waals surface area contributed by atoms with Gasteiger partial charge in [-0.2, -0.15) is 0 Å². The number of amidine groups is 1. The minimum atomic E-state index is -1.14. The standard InChI is InChI=1S/C9H7N7O2S/c1-15-2-5(16(17)18)14-7(15)6-9(19)8(11-3-10-6)12-4-13-9/h2-4,19H,1H3. The van der Waals surface area contributed by atoms with Crippen LogP contribution in [-0.4, -0.2) is 43.6 Å². The van der Waals surface area contributed by atoms with Gasteiger partial charge in [-0.3, -0.25) is 0 Å². The minimum absolute atomic E-state index is 0.264. The zero-order valence-electron chi connectivity index (χ0n) is 9.63. The number of nitro groups is 1. The predicted octanol–water partition coefficient (Wildman–Crippen LogP) is 0.226. The van der Waals surface area contributed by atoms with Gasteiger partial charge >= 0.3 is 5.82 Å². The van der Waals surface area contributed by atoms with E-state index in [0.29, 0.717) is 17.4 Å². The van der Waals surface area contributed by atoms with E-state index in [0.717, 1.165) is 0 Å². The number of rotatable bonds is 2. The molecule has 0 saturated heterocycles. The largest absolute Gasteiger partial charge is 0.382 e. The lowest BCUT2D eigenvalue weighted by molar-refractivity contribution is -0.389. The van der Waals surface area contributed by atoms with Crippen LogP contribution < -0.4 is 0 Å². The summed E-state index contributed by atoms with van der Waals surface area (Å²) in [6.45, 7) is 0. The van der Waals surface area contributed by atoms with Gasteiger partial charge in [-0.1, -0.05) is 0 Å². The fraction of sp³-hybridized carbons (Fsp3) is 0.222. The van der Waals surface area contributed by atoms with Crippen LogP contribution in [0.15, 0.2) is 26.2 Å². The number of hydrogen-bond donors (Lipinski definition) is 1. The van der Waals surface area contributed by atoms with Gasteiger partial charge in [0, 0.05) is 7.05 Å². The summed E-state index contributed by atoms with van der Waals surface area (Å²) in [5.41, 5.74) is 0.355. The average Bonchev–Trinajstić information content (AvgIpc) is 2.91. The molecule has 9 nitrogen and oxygen atoms in total. The van der Waals surface area contributed by atoms with E-state index in [4.69, 9.17) is 0 Å². The molecule has 0 radical (unpaired) electrons. The number of thiol groups is 1. The number of aromatic nitrogens is 2. The van der Waals surface area contributed by atoms with Crippen molar-refractivity contribution in [3.8, 4) is 0 Å². The molecular formula is C9H7N7O2S. The third-order valence-electron chi connectivity index (χ3n) is 2.70. The Bertz CT molecular complexity index is 701. The van der Waals surface area contributed by atoms with Crippen molar-refractivity contribution < 1.29 is 4.92 Å². The van der Waals surface area contributed by atoms with Crippen LogP contribution in [0.5, 0.6) is 0 Å². The molecule has 0 N–H and O–H groups in total. The van der Waals surface area contributed by atoms with Gasteiger partial charge in [0.1, 0.15) is 18.9 Å². The van der Waals surface area contributed by atoms with Crippen LogP contribution in [0.2, 0.25) is 0 Å². The molecule has 96 valence electrons. The topological polar surface area (TPSA) is 110 Å². The summed E-state index contributed by atoms with van der Waals surface area (Å²) in [5.74, 6) is 0.409. The van der Waals surface area contributed by atoms with Gasteiger partial charge in [0.25, 0.3) is 5.82 Å². The van der Waals surface area contributed by atoms with Crippen molar-refractivity contribution in [2.75, 3.05) is 0 Å². The second kappa shape index (κ2) is 3.82. The zero-order valence-corrected chi connectivity index (χ0v) is 10.5. The first-order valence-electron chi connectivity index (χ1n) is 5.15. The highest BCUT2D eigenvalue weighted by atomic mass is 32.1. The first-order valence-corrected chi connectivity index (χ1v) is 5.60. The molecule has 2 aliphatic rings. The van der Waals surface area contributed by atoms with E-state index in [9.17, 15) is 10.1 Å². The highest BCUT2D eigenvalue weighted by molar-refractivity contribution is 7.84. The van der Waals surface area contributed by atoms with Crippen LogP contribution in [0.25, 0.3) is 0 Å². The molecule has 1 aromatic rings. The number of aryl methyl sites for hydroxylation is 1. The highest BCUT2D eigenvalue weighted by Crippen LogP contribution is 2.30. The summed E-state index contributed by atoms with van der Waals surface area (Å²) < 4.78 is 1.50. The van der Waals surface area contributed by atoms with E-state index >= 15 is 0 Å². The van der Waals surface area contributed by atoms with Crippen LogP contribution >= 0.6 is 12.6 Å². The van der Waals surface area contributed by atoms with Crippen molar-refractivity contribution in [2.45, 2.75) is 4.87 Å². The van der Waals surface area contributed by atoms with Crippen molar-refractivity contribution in [3.05, 3.63) is 22.1 Å². The Morgan fingerprint density at radius 1 is 1.42 bits per heavy atom. The molecule has 0 aromatic carbocycles. The quantitative estimate of drug-likeness (QED) is 0.474. The van der Waals surface area contributed by atoms with Gasteiger partial charge in [0.2, 0.25) is 4.87 Å². The third-order valence-corrected chi connectivity index (χ3v) is 3.22. The molecule has 0 bridgehead atoms. The van der Waals surface area contributed by atoms with Gasteiger partial charge in [0.05, 0.1) is 0 Å². The number of fused-ring (bicyclic) bond motifs is 1. The Hall–Kier alpha value is -2.36. The van der Waals surface area contributed by atoms with Crippen LogP contribution in [0.1, 0.15) is 5.82 Å². The molecule has 1 atom stereocenters. The van der Waals surface area contributed by atoms with Crippen LogP contribution in [0.3, 0.4) is 0 Å². The summed E-state index contributed by atoms with van der Waals surface area (Å²) in [4.78, 5) is 29.1. The van der Waals surface area contributed by atoms with E-state index in [1.807, 2.05) is 0 Å².